The molecule has 6 nitrogen and oxygen atoms in total. The number of hydrogen-bond donors (Lipinski definition) is 1. The third kappa shape index (κ3) is 4.33. The van der Waals surface area contributed by atoms with Crippen LogP contribution in [0.3, 0.4) is 0 Å². The summed E-state index contributed by atoms with van der Waals surface area (Å²) in [7, 11) is 1.61. The number of fused-ring (bicyclic) bond motifs is 1. The molecule has 1 N–H and O–H groups in total. The number of carbonyl (C=O) groups is 1. The molecule has 1 aromatic heterocycles. The van der Waals surface area contributed by atoms with Gasteiger partial charge in [-0.05, 0) is 36.2 Å². The summed E-state index contributed by atoms with van der Waals surface area (Å²) in [6.45, 7) is 0.391. The van der Waals surface area contributed by atoms with Crippen molar-refractivity contribution in [2.45, 2.75) is 12.3 Å². The molecule has 136 valence electrons. The van der Waals surface area contributed by atoms with E-state index in [4.69, 9.17) is 16.3 Å². The van der Waals surface area contributed by atoms with Crippen molar-refractivity contribution in [1.82, 2.24) is 15.3 Å². The van der Waals surface area contributed by atoms with Crippen LogP contribution >= 0.6 is 11.6 Å². The number of nitriles is 1. The van der Waals surface area contributed by atoms with Gasteiger partial charge in [0.2, 0.25) is 5.91 Å². The first-order valence-electron chi connectivity index (χ1n) is 8.35. The molecule has 0 saturated carbocycles. The van der Waals surface area contributed by atoms with Gasteiger partial charge in [0.25, 0.3) is 0 Å². The number of carbonyl (C=O) groups excluding carboxylic acids is 1. The van der Waals surface area contributed by atoms with Crippen LogP contribution in [-0.4, -0.2) is 29.5 Å². The van der Waals surface area contributed by atoms with Gasteiger partial charge in [-0.25, -0.2) is 9.97 Å². The standard InChI is InChI=1S/C20H17ClN4O2/c1-27-14-8-6-13(7-9-14)10-11-23-20(26)15(12-22)18-19(21)25-17-5-3-2-4-16(17)24-18/h2-9,15H,10-11H2,1H3,(H,23,26)/t15-/m1/s1. The molecule has 0 aliphatic carbocycles. The summed E-state index contributed by atoms with van der Waals surface area (Å²) in [6.07, 6.45) is 0.630. The molecule has 7 heteroatoms. The summed E-state index contributed by atoms with van der Waals surface area (Å²) in [4.78, 5) is 21.1. The Morgan fingerprint density at radius 3 is 2.48 bits per heavy atom. The summed E-state index contributed by atoms with van der Waals surface area (Å²) in [6, 6.07) is 16.7. The Labute approximate surface area is 161 Å². The lowest BCUT2D eigenvalue weighted by molar-refractivity contribution is -0.121. The van der Waals surface area contributed by atoms with Gasteiger partial charge in [-0.1, -0.05) is 35.9 Å². The van der Waals surface area contributed by atoms with E-state index < -0.39 is 11.8 Å². The molecule has 1 heterocycles. The quantitative estimate of drug-likeness (QED) is 0.709. The van der Waals surface area contributed by atoms with Gasteiger partial charge in [0, 0.05) is 6.54 Å². The molecule has 2 aromatic carbocycles. The van der Waals surface area contributed by atoms with Crippen molar-refractivity contribution in [3.63, 3.8) is 0 Å². The van der Waals surface area contributed by atoms with E-state index in [0.717, 1.165) is 11.3 Å². The minimum absolute atomic E-state index is 0.0607. The fraction of sp³-hybridized carbons (Fsp3) is 0.200. The van der Waals surface area contributed by atoms with Gasteiger partial charge in [0.15, 0.2) is 11.1 Å². The summed E-state index contributed by atoms with van der Waals surface area (Å²) >= 11 is 6.16. The Morgan fingerprint density at radius 1 is 1.19 bits per heavy atom. The number of halogens is 1. The average molecular weight is 381 g/mol. The number of ether oxygens (including phenoxy) is 1. The van der Waals surface area contributed by atoms with Crippen molar-refractivity contribution in [2.24, 2.45) is 0 Å². The summed E-state index contributed by atoms with van der Waals surface area (Å²) in [5.41, 5.74) is 2.42. The number of hydrogen-bond acceptors (Lipinski definition) is 5. The van der Waals surface area contributed by atoms with Crippen molar-refractivity contribution in [3.8, 4) is 11.8 Å². The second-order valence-corrected chi connectivity index (χ2v) is 6.20. The Kier molecular flexibility index (Phi) is 5.84. The minimum atomic E-state index is -1.12. The second-order valence-electron chi connectivity index (χ2n) is 5.84. The van der Waals surface area contributed by atoms with Crippen molar-refractivity contribution in [1.29, 1.82) is 5.26 Å². The van der Waals surface area contributed by atoms with Gasteiger partial charge < -0.3 is 10.1 Å². The number of rotatable bonds is 6. The number of aromatic nitrogens is 2. The molecule has 0 radical (unpaired) electrons. The van der Waals surface area contributed by atoms with Crippen LogP contribution in [-0.2, 0) is 11.2 Å². The van der Waals surface area contributed by atoms with Crippen LogP contribution in [0.25, 0.3) is 11.0 Å². The molecule has 0 spiro atoms. The van der Waals surface area contributed by atoms with Gasteiger partial charge >= 0.3 is 0 Å². The zero-order chi connectivity index (χ0) is 19.2. The molecular weight excluding hydrogens is 364 g/mol. The second kappa shape index (κ2) is 8.47. The molecule has 3 aromatic rings. The van der Waals surface area contributed by atoms with Crippen LogP contribution in [0.15, 0.2) is 48.5 Å². The number of methoxy groups -OCH3 is 1. The fourth-order valence-electron chi connectivity index (χ4n) is 2.64. The number of nitrogens with one attached hydrogen (secondary N) is 1. The fourth-order valence-corrected chi connectivity index (χ4v) is 2.89. The number of amides is 1. The highest BCUT2D eigenvalue weighted by atomic mass is 35.5. The van der Waals surface area contributed by atoms with E-state index in [0.29, 0.717) is 24.0 Å². The lowest BCUT2D eigenvalue weighted by Crippen LogP contribution is -2.31. The van der Waals surface area contributed by atoms with Crippen LogP contribution in [0, 0.1) is 11.3 Å². The van der Waals surface area contributed by atoms with Crippen molar-refractivity contribution < 1.29 is 9.53 Å². The highest BCUT2D eigenvalue weighted by Crippen LogP contribution is 2.24. The highest BCUT2D eigenvalue weighted by molar-refractivity contribution is 6.30. The molecule has 0 saturated heterocycles. The molecule has 1 atom stereocenters. The van der Waals surface area contributed by atoms with Crippen LogP contribution in [0.4, 0.5) is 0 Å². The van der Waals surface area contributed by atoms with E-state index in [1.165, 1.54) is 0 Å². The molecule has 3 rings (SSSR count). The van der Waals surface area contributed by atoms with E-state index in [1.807, 2.05) is 42.5 Å². The predicted octanol–water partition coefficient (Wildman–Crippen LogP) is 3.26. The Balaban J connectivity index is 1.69. The number of nitrogens with zero attached hydrogens (tertiary/aromatic N) is 3. The van der Waals surface area contributed by atoms with E-state index in [9.17, 15) is 10.1 Å². The zero-order valence-electron chi connectivity index (χ0n) is 14.6. The smallest absolute Gasteiger partial charge is 0.243 e. The summed E-state index contributed by atoms with van der Waals surface area (Å²) in [5.74, 6) is -0.792. The lowest BCUT2D eigenvalue weighted by atomic mass is 10.1. The van der Waals surface area contributed by atoms with Gasteiger partial charge in [0.05, 0.1) is 24.2 Å². The molecule has 27 heavy (non-hydrogen) atoms. The maximum absolute atomic E-state index is 12.5. The molecule has 1 amide bonds. The lowest BCUT2D eigenvalue weighted by Gasteiger charge is -2.12. The van der Waals surface area contributed by atoms with Crippen LogP contribution in [0.5, 0.6) is 5.75 Å². The van der Waals surface area contributed by atoms with Crippen LogP contribution < -0.4 is 10.1 Å². The third-order valence-electron chi connectivity index (χ3n) is 4.09. The molecule has 0 fully saturated rings. The first kappa shape index (κ1) is 18.6. The van der Waals surface area contributed by atoms with Crippen LogP contribution in [0.2, 0.25) is 5.15 Å². The van der Waals surface area contributed by atoms with Crippen LogP contribution in [0.1, 0.15) is 17.2 Å². The molecule has 0 bridgehead atoms. The molecular formula is C20H17ClN4O2. The SMILES string of the molecule is COc1ccc(CCNC(=O)[C@H](C#N)c2nc3ccccc3nc2Cl)cc1. The Hall–Kier alpha value is -3.17. The highest BCUT2D eigenvalue weighted by Gasteiger charge is 2.25. The van der Waals surface area contributed by atoms with Gasteiger partial charge in [-0.2, -0.15) is 5.26 Å². The topological polar surface area (TPSA) is 87.9 Å². The van der Waals surface area contributed by atoms with E-state index in [-0.39, 0.29) is 10.8 Å². The maximum atomic E-state index is 12.5. The number of para-hydroxylation sites is 2. The monoisotopic (exact) mass is 380 g/mol. The van der Waals surface area contributed by atoms with E-state index in [1.54, 1.807) is 19.2 Å². The largest absolute Gasteiger partial charge is 0.497 e. The van der Waals surface area contributed by atoms with Crippen molar-refractivity contribution >= 4 is 28.5 Å². The average Bonchev–Trinajstić information content (AvgIpc) is 2.69. The van der Waals surface area contributed by atoms with Gasteiger partial charge in [0.1, 0.15) is 11.4 Å². The van der Waals surface area contributed by atoms with E-state index in [2.05, 4.69) is 15.3 Å². The number of benzene rings is 2. The normalized spacial score (nSPS) is 11.6. The first-order chi connectivity index (χ1) is 13.1. The molecule has 0 aliphatic rings. The predicted molar refractivity (Wildman–Crippen MR) is 103 cm³/mol. The van der Waals surface area contributed by atoms with Gasteiger partial charge in [-0.15, -0.1) is 0 Å². The maximum Gasteiger partial charge on any atom is 0.243 e. The Bertz CT molecular complexity index is 999. The van der Waals surface area contributed by atoms with Crippen molar-refractivity contribution in [2.75, 3.05) is 13.7 Å². The van der Waals surface area contributed by atoms with E-state index >= 15 is 0 Å². The minimum Gasteiger partial charge on any atom is -0.497 e. The first-order valence-corrected chi connectivity index (χ1v) is 8.72. The Morgan fingerprint density at radius 2 is 1.85 bits per heavy atom. The molecule has 0 aliphatic heterocycles. The van der Waals surface area contributed by atoms with Crippen molar-refractivity contribution in [3.05, 3.63) is 64.9 Å². The molecule has 0 unspecified atom stereocenters. The zero-order valence-corrected chi connectivity index (χ0v) is 15.4. The summed E-state index contributed by atoms with van der Waals surface area (Å²) in [5, 5.41) is 12.3. The van der Waals surface area contributed by atoms with Gasteiger partial charge in [-0.3, -0.25) is 4.79 Å². The summed E-state index contributed by atoms with van der Waals surface area (Å²) < 4.78 is 5.12. The third-order valence-corrected chi connectivity index (χ3v) is 4.37.